The Labute approximate surface area is 159 Å². The number of likely N-dealkylation sites (N-methyl/N-ethyl adjacent to an activating group) is 1. The van der Waals surface area contributed by atoms with Gasteiger partial charge in [-0.2, -0.15) is 4.31 Å². The lowest BCUT2D eigenvalue weighted by Gasteiger charge is -2.29. The molecule has 26 heavy (non-hydrogen) atoms. The summed E-state index contributed by atoms with van der Waals surface area (Å²) < 4.78 is 37.7. The summed E-state index contributed by atoms with van der Waals surface area (Å²) in [6, 6.07) is 4.54. The van der Waals surface area contributed by atoms with Gasteiger partial charge in [0.05, 0.1) is 24.7 Å². The van der Waals surface area contributed by atoms with E-state index in [0.29, 0.717) is 37.8 Å². The normalized spacial score (nSPS) is 17.4. The quantitative estimate of drug-likeness (QED) is 0.776. The van der Waals surface area contributed by atoms with Gasteiger partial charge < -0.3 is 19.7 Å². The molecule has 1 aromatic rings. The monoisotopic (exact) mass is 405 g/mol. The van der Waals surface area contributed by atoms with Crippen LogP contribution in [0.15, 0.2) is 23.1 Å². The fourth-order valence-corrected chi connectivity index (χ4v) is 3.91. The van der Waals surface area contributed by atoms with Gasteiger partial charge in [-0.05, 0) is 12.1 Å². The van der Waals surface area contributed by atoms with Crippen LogP contribution in [0.4, 0.5) is 0 Å². The van der Waals surface area contributed by atoms with Crippen LogP contribution in [0.3, 0.4) is 0 Å². The van der Waals surface area contributed by atoms with Crippen molar-refractivity contribution in [2.75, 3.05) is 53.0 Å². The van der Waals surface area contributed by atoms with Crippen LogP contribution in [-0.4, -0.2) is 76.5 Å². The molecule has 2 aliphatic rings. The van der Waals surface area contributed by atoms with Gasteiger partial charge in [0.2, 0.25) is 15.9 Å². The predicted molar refractivity (Wildman–Crippen MR) is 98.6 cm³/mol. The summed E-state index contributed by atoms with van der Waals surface area (Å²) in [5.41, 5.74) is 0. The third-order valence-corrected chi connectivity index (χ3v) is 6.05. The number of ether oxygens (including phenoxy) is 2. The maximum absolute atomic E-state index is 12.8. The topological polar surface area (TPSA) is 88.2 Å². The number of sulfonamides is 1. The maximum atomic E-state index is 12.8. The Hall–Kier alpha value is -1.55. The zero-order valence-corrected chi connectivity index (χ0v) is 16.3. The van der Waals surface area contributed by atoms with Gasteiger partial charge in [-0.15, -0.1) is 12.4 Å². The van der Waals surface area contributed by atoms with Gasteiger partial charge in [-0.1, -0.05) is 0 Å². The molecule has 8 nitrogen and oxygen atoms in total. The van der Waals surface area contributed by atoms with Crippen molar-refractivity contribution in [3.63, 3.8) is 0 Å². The van der Waals surface area contributed by atoms with Crippen molar-refractivity contribution in [1.82, 2.24) is 14.5 Å². The number of benzene rings is 1. The Bertz CT molecular complexity index is 737. The lowest BCUT2D eigenvalue weighted by Crippen LogP contribution is -2.49. The molecule has 146 valence electrons. The van der Waals surface area contributed by atoms with Crippen LogP contribution in [0, 0.1) is 0 Å². The molecule has 1 fully saturated rings. The first-order chi connectivity index (χ1) is 12.0. The zero-order valence-electron chi connectivity index (χ0n) is 14.6. The maximum Gasteiger partial charge on any atom is 0.243 e. The van der Waals surface area contributed by atoms with E-state index in [9.17, 15) is 13.2 Å². The Balaban J connectivity index is 0.00000243. The highest BCUT2D eigenvalue weighted by Crippen LogP contribution is 2.32. The molecule has 1 aromatic carbocycles. The fraction of sp³-hybridized carbons (Fsp3) is 0.562. The molecule has 0 saturated carbocycles. The van der Waals surface area contributed by atoms with Crippen LogP contribution in [0.25, 0.3) is 0 Å². The average Bonchev–Trinajstić information content (AvgIpc) is 2.87. The lowest BCUT2D eigenvalue weighted by atomic mass is 10.3. The van der Waals surface area contributed by atoms with Crippen molar-refractivity contribution in [2.24, 2.45) is 0 Å². The third kappa shape index (κ3) is 4.59. The minimum absolute atomic E-state index is 0. The van der Waals surface area contributed by atoms with Crippen LogP contribution in [0.2, 0.25) is 0 Å². The highest BCUT2D eigenvalue weighted by Gasteiger charge is 2.27. The van der Waals surface area contributed by atoms with Crippen LogP contribution >= 0.6 is 12.4 Å². The van der Waals surface area contributed by atoms with E-state index in [2.05, 4.69) is 5.32 Å². The minimum Gasteiger partial charge on any atom is -0.490 e. The van der Waals surface area contributed by atoms with Gasteiger partial charge in [-0.3, -0.25) is 4.79 Å². The van der Waals surface area contributed by atoms with Crippen LogP contribution in [0.5, 0.6) is 11.5 Å². The zero-order chi connectivity index (χ0) is 17.9. The molecule has 0 aromatic heterocycles. The first-order valence-electron chi connectivity index (χ1n) is 8.33. The highest BCUT2D eigenvalue weighted by atomic mass is 35.5. The molecule has 10 heteroatoms. The van der Waals surface area contributed by atoms with E-state index in [4.69, 9.17) is 9.47 Å². The number of halogens is 1. The summed E-state index contributed by atoms with van der Waals surface area (Å²) >= 11 is 0. The van der Waals surface area contributed by atoms with E-state index < -0.39 is 10.0 Å². The smallest absolute Gasteiger partial charge is 0.243 e. The number of amides is 1. The second kappa shape index (κ2) is 8.90. The molecule has 0 spiro atoms. The molecular formula is C16H24ClN3O5S. The number of rotatable bonds is 4. The Morgan fingerprint density at radius 3 is 2.54 bits per heavy atom. The number of fused-ring (bicyclic) bond motifs is 1. The predicted octanol–water partition coefficient (Wildman–Crippen LogP) is 0.322. The largest absolute Gasteiger partial charge is 0.490 e. The second-order valence-corrected chi connectivity index (χ2v) is 8.10. The summed E-state index contributed by atoms with van der Waals surface area (Å²) in [7, 11) is -2.37. The lowest BCUT2D eigenvalue weighted by molar-refractivity contribution is -0.131. The van der Waals surface area contributed by atoms with E-state index in [1.165, 1.54) is 19.2 Å². The molecule has 0 radical (unpaired) electrons. The third-order valence-electron chi connectivity index (χ3n) is 4.25. The van der Waals surface area contributed by atoms with Crippen LogP contribution < -0.4 is 14.8 Å². The molecule has 3 rings (SSSR count). The van der Waals surface area contributed by atoms with Gasteiger partial charge >= 0.3 is 0 Å². The van der Waals surface area contributed by atoms with E-state index in [1.54, 1.807) is 11.0 Å². The molecule has 0 bridgehead atoms. The van der Waals surface area contributed by atoms with Crippen molar-refractivity contribution in [1.29, 1.82) is 0 Å². The second-order valence-electron chi connectivity index (χ2n) is 6.05. The molecular weight excluding hydrogens is 382 g/mol. The first kappa shape index (κ1) is 20.8. The molecule has 1 amide bonds. The molecule has 2 aliphatic heterocycles. The van der Waals surface area contributed by atoms with Crippen molar-refractivity contribution < 1.29 is 22.7 Å². The van der Waals surface area contributed by atoms with E-state index in [-0.39, 0.29) is 29.8 Å². The molecule has 0 aliphatic carbocycles. The van der Waals surface area contributed by atoms with Crippen molar-refractivity contribution in [3.8, 4) is 11.5 Å². The molecule has 2 heterocycles. The Kier molecular flexibility index (Phi) is 7.10. The molecule has 0 unspecified atom stereocenters. The van der Waals surface area contributed by atoms with Gasteiger partial charge in [0.25, 0.3) is 0 Å². The van der Waals surface area contributed by atoms with Gasteiger partial charge in [0.1, 0.15) is 0 Å². The molecule has 0 atom stereocenters. The van der Waals surface area contributed by atoms with Crippen molar-refractivity contribution >= 4 is 28.3 Å². The van der Waals surface area contributed by atoms with Gasteiger partial charge in [0.15, 0.2) is 11.5 Å². The highest BCUT2D eigenvalue weighted by molar-refractivity contribution is 7.89. The van der Waals surface area contributed by atoms with Crippen LogP contribution in [-0.2, 0) is 14.8 Å². The number of nitrogens with one attached hydrogen (secondary N) is 1. The Morgan fingerprint density at radius 2 is 1.85 bits per heavy atom. The van der Waals surface area contributed by atoms with Crippen molar-refractivity contribution in [3.05, 3.63) is 18.2 Å². The number of hydrogen-bond donors (Lipinski definition) is 1. The number of hydrogen-bond acceptors (Lipinski definition) is 6. The van der Waals surface area contributed by atoms with E-state index >= 15 is 0 Å². The number of nitrogens with zero attached hydrogens (tertiary/aromatic N) is 2. The number of carbonyl (C=O) groups excluding carboxylic acids is 1. The number of piperazine rings is 1. The minimum atomic E-state index is -3.78. The van der Waals surface area contributed by atoms with Crippen molar-refractivity contribution in [2.45, 2.75) is 11.3 Å². The standard InChI is InChI=1S/C16H23N3O5S.ClH/c1-18(12-16(20)19-7-5-17-6-8-19)25(21,22)13-3-4-14-15(11-13)24-10-2-9-23-14;/h3-4,11,17H,2,5-10,12H2,1H3;1H. The summed E-state index contributed by atoms with van der Waals surface area (Å²) in [4.78, 5) is 14.1. The van der Waals surface area contributed by atoms with Crippen LogP contribution in [0.1, 0.15) is 6.42 Å². The molecule has 1 saturated heterocycles. The Morgan fingerprint density at radius 1 is 1.19 bits per heavy atom. The summed E-state index contributed by atoms with van der Waals surface area (Å²) in [5.74, 6) is 0.762. The van der Waals surface area contributed by atoms with Gasteiger partial charge in [-0.25, -0.2) is 8.42 Å². The summed E-state index contributed by atoms with van der Waals surface area (Å²) in [6.07, 6.45) is 0.746. The fourth-order valence-electron chi connectivity index (χ4n) is 2.77. The average molecular weight is 406 g/mol. The first-order valence-corrected chi connectivity index (χ1v) is 9.77. The SMILES string of the molecule is CN(CC(=O)N1CCNCC1)S(=O)(=O)c1ccc2c(c1)OCCCO2.Cl. The molecule has 1 N–H and O–H groups in total. The summed E-state index contributed by atoms with van der Waals surface area (Å²) in [5, 5.41) is 3.16. The number of carbonyl (C=O) groups is 1. The summed E-state index contributed by atoms with van der Waals surface area (Å²) in [6.45, 7) is 3.48. The van der Waals surface area contributed by atoms with E-state index in [0.717, 1.165) is 23.8 Å². The van der Waals surface area contributed by atoms with E-state index in [1.807, 2.05) is 0 Å². The van der Waals surface area contributed by atoms with Gasteiger partial charge in [0, 0.05) is 45.7 Å².